The number of hydrogen-bond donors (Lipinski definition) is 0. The maximum Gasteiger partial charge on any atom is 0.176 e. The number of likely N-dealkylation sites (N-methyl/N-ethyl adjacent to an activating group) is 1. The van der Waals surface area contributed by atoms with E-state index in [1.165, 1.54) is 0 Å². The average Bonchev–Trinajstić information content (AvgIpc) is 2.38. The Morgan fingerprint density at radius 2 is 1.84 bits per heavy atom. The zero-order valence-corrected chi connectivity index (χ0v) is 12.5. The lowest BCUT2D eigenvalue weighted by Crippen LogP contribution is -2.32. The van der Waals surface area contributed by atoms with Crippen molar-refractivity contribution in [3.8, 4) is 5.75 Å². The highest BCUT2D eigenvalue weighted by molar-refractivity contribution is 5.97. The van der Waals surface area contributed by atoms with E-state index in [0.717, 1.165) is 24.4 Å². The Morgan fingerprint density at radius 3 is 2.32 bits per heavy atom. The second kappa shape index (κ2) is 7.95. The third kappa shape index (κ3) is 5.43. The van der Waals surface area contributed by atoms with E-state index >= 15 is 0 Å². The molecule has 0 fully saturated rings. The van der Waals surface area contributed by atoms with Crippen molar-refractivity contribution in [3.63, 3.8) is 0 Å². The predicted octanol–water partition coefficient (Wildman–Crippen LogP) is 3.25. The molecule has 0 aliphatic rings. The van der Waals surface area contributed by atoms with Gasteiger partial charge in [-0.2, -0.15) is 0 Å². The molecule has 0 radical (unpaired) electrons. The highest BCUT2D eigenvalue weighted by Gasteiger charge is 2.12. The van der Waals surface area contributed by atoms with Crippen LogP contribution in [0.1, 0.15) is 38.1 Å². The molecule has 1 rings (SSSR count). The molecule has 0 heterocycles. The van der Waals surface area contributed by atoms with E-state index in [4.69, 9.17) is 4.74 Å². The molecule has 0 amide bonds. The summed E-state index contributed by atoms with van der Waals surface area (Å²) >= 11 is 0. The zero-order valence-electron chi connectivity index (χ0n) is 12.5. The summed E-state index contributed by atoms with van der Waals surface area (Å²) in [5.41, 5.74) is 0.755. The molecule has 3 heteroatoms. The summed E-state index contributed by atoms with van der Waals surface area (Å²) in [6.07, 6.45) is 0. The van der Waals surface area contributed by atoms with Gasteiger partial charge in [0.25, 0.3) is 0 Å². The van der Waals surface area contributed by atoms with E-state index in [-0.39, 0.29) is 5.78 Å². The standard InChI is InChI=1S/C16H25NO2/c1-5-17(11-13(3)4)12-16(18)14-7-9-15(10-8-14)19-6-2/h7-10,13H,5-6,11-12H2,1-4H3. The van der Waals surface area contributed by atoms with Gasteiger partial charge in [-0.05, 0) is 43.7 Å². The number of nitrogens with zero attached hydrogens (tertiary/aromatic N) is 1. The SMILES string of the molecule is CCOc1ccc(C(=O)CN(CC)CC(C)C)cc1. The number of Topliss-reactive ketones (excluding diaryl/α,β-unsaturated/α-hetero) is 1. The highest BCUT2D eigenvalue weighted by atomic mass is 16.5. The summed E-state index contributed by atoms with van der Waals surface area (Å²) in [4.78, 5) is 14.4. The molecule has 0 aromatic heterocycles. The van der Waals surface area contributed by atoms with Gasteiger partial charge in [-0.15, -0.1) is 0 Å². The third-order valence-corrected chi connectivity index (χ3v) is 2.93. The van der Waals surface area contributed by atoms with Gasteiger partial charge in [-0.25, -0.2) is 0 Å². The van der Waals surface area contributed by atoms with Crippen molar-refractivity contribution in [1.82, 2.24) is 4.90 Å². The predicted molar refractivity (Wildman–Crippen MR) is 78.9 cm³/mol. The summed E-state index contributed by atoms with van der Waals surface area (Å²) in [5, 5.41) is 0. The maximum atomic E-state index is 12.2. The summed E-state index contributed by atoms with van der Waals surface area (Å²) in [6.45, 7) is 11.4. The summed E-state index contributed by atoms with van der Waals surface area (Å²) in [7, 11) is 0. The van der Waals surface area contributed by atoms with Crippen LogP contribution in [-0.4, -0.2) is 36.9 Å². The van der Waals surface area contributed by atoms with E-state index in [2.05, 4.69) is 25.7 Å². The Bertz CT molecular complexity index is 384. The first-order valence-corrected chi connectivity index (χ1v) is 7.05. The van der Waals surface area contributed by atoms with Crippen molar-refractivity contribution in [3.05, 3.63) is 29.8 Å². The Balaban J connectivity index is 2.61. The van der Waals surface area contributed by atoms with Crippen LogP contribution in [0.5, 0.6) is 5.75 Å². The molecule has 0 aliphatic carbocycles. The van der Waals surface area contributed by atoms with Gasteiger partial charge >= 0.3 is 0 Å². The van der Waals surface area contributed by atoms with Crippen molar-refractivity contribution < 1.29 is 9.53 Å². The second-order valence-corrected chi connectivity index (χ2v) is 5.10. The van der Waals surface area contributed by atoms with Gasteiger partial charge in [0.1, 0.15) is 5.75 Å². The first kappa shape index (κ1) is 15.7. The Kier molecular flexibility index (Phi) is 6.57. The van der Waals surface area contributed by atoms with Crippen molar-refractivity contribution in [2.45, 2.75) is 27.7 Å². The minimum absolute atomic E-state index is 0.172. The molecule has 1 aromatic rings. The maximum absolute atomic E-state index is 12.2. The van der Waals surface area contributed by atoms with Crippen LogP contribution in [-0.2, 0) is 0 Å². The average molecular weight is 263 g/mol. The molecule has 1 aromatic carbocycles. The van der Waals surface area contributed by atoms with Crippen molar-refractivity contribution >= 4 is 5.78 Å². The summed E-state index contributed by atoms with van der Waals surface area (Å²) < 4.78 is 5.37. The number of carbonyl (C=O) groups is 1. The fraction of sp³-hybridized carbons (Fsp3) is 0.562. The first-order chi connectivity index (χ1) is 9.06. The monoisotopic (exact) mass is 263 g/mol. The van der Waals surface area contributed by atoms with Crippen molar-refractivity contribution in [2.24, 2.45) is 5.92 Å². The molecule has 19 heavy (non-hydrogen) atoms. The number of benzene rings is 1. The zero-order chi connectivity index (χ0) is 14.3. The normalized spacial score (nSPS) is 11.1. The van der Waals surface area contributed by atoms with E-state index in [1.54, 1.807) is 0 Å². The molecule has 3 nitrogen and oxygen atoms in total. The number of ether oxygens (including phenoxy) is 1. The minimum atomic E-state index is 0.172. The number of hydrogen-bond acceptors (Lipinski definition) is 3. The molecule has 0 aliphatic heterocycles. The lowest BCUT2D eigenvalue weighted by atomic mass is 10.1. The van der Waals surface area contributed by atoms with Gasteiger partial charge in [0.05, 0.1) is 13.2 Å². The number of carbonyl (C=O) groups excluding carboxylic acids is 1. The van der Waals surface area contributed by atoms with Gasteiger partial charge in [0, 0.05) is 12.1 Å². The van der Waals surface area contributed by atoms with Crippen LogP contribution in [0.25, 0.3) is 0 Å². The Labute approximate surface area is 116 Å². The molecule has 0 saturated carbocycles. The Morgan fingerprint density at radius 1 is 1.21 bits per heavy atom. The quantitative estimate of drug-likeness (QED) is 0.674. The van der Waals surface area contributed by atoms with Gasteiger partial charge < -0.3 is 4.74 Å². The molecule has 106 valence electrons. The van der Waals surface area contributed by atoms with Crippen molar-refractivity contribution in [1.29, 1.82) is 0 Å². The molecular weight excluding hydrogens is 238 g/mol. The number of rotatable bonds is 8. The van der Waals surface area contributed by atoms with Crippen LogP contribution in [0.4, 0.5) is 0 Å². The summed E-state index contributed by atoms with van der Waals surface area (Å²) in [6, 6.07) is 7.40. The second-order valence-electron chi connectivity index (χ2n) is 5.10. The molecule has 0 bridgehead atoms. The molecule has 0 spiro atoms. The third-order valence-electron chi connectivity index (χ3n) is 2.93. The van der Waals surface area contributed by atoms with E-state index < -0.39 is 0 Å². The van der Waals surface area contributed by atoms with Crippen LogP contribution < -0.4 is 4.74 Å². The topological polar surface area (TPSA) is 29.5 Å². The Hall–Kier alpha value is -1.35. The molecule has 0 atom stereocenters. The fourth-order valence-electron chi connectivity index (χ4n) is 2.02. The highest BCUT2D eigenvalue weighted by Crippen LogP contribution is 2.13. The van der Waals surface area contributed by atoms with Crippen LogP contribution in [0.2, 0.25) is 0 Å². The van der Waals surface area contributed by atoms with Gasteiger partial charge in [-0.3, -0.25) is 9.69 Å². The van der Waals surface area contributed by atoms with Gasteiger partial charge in [-0.1, -0.05) is 20.8 Å². The molecule has 0 N–H and O–H groups in total. The lowest BCUT2D eigenvalue weighted by molar-refractivity contribution is 0.0926. The largest absolute Gasteiger partial charge is 0.494 e. The minimum Gasteiger partial charge on any atom is -0.494 e. The van der Waals surface area contributed by atoms with E-state index in [0.29, 0.717) is 19.1 Å². The van der Waals surface area contributed by atoms with Crippen LogP contribution >= 0.6 is 0 Å². The van der Waals surface area contributed by atoms with Gasteiger partial charge in [0.2, 0.25) is 0 Å². The molecule has 0 unspecified atom stereocenters. The van der Waals surface area contributed by atoms with Crippen molar-refractivity contribution in [2.75, 3.05) is 26.2 Å². The molecule has 0 saturated heterocycles. The summed E-state index contributed by atoms with van der Waals surface area (Å²) in [5.74, 6) is 1.56. The van der Waals surface area contributed by atoms with E-state index in [1.807, 2.05) is 31.2 Å². The van der Waals surface area contributed by atoms with E-state index in [9.17, 15) is 4.79 Å². The smallest absolute Gasteiger partial charge is 0.176 e. The first-order valence-electron chi connectivity index (χ1n) is 7.05. The van der Waals surface area contributed by atoms with Crippen LogP contribution in [0.3, 0.4) is 0 Å². The fourth-order valence-corrected chi connectivity index (χ4v) is 2.02. The van der Waals surface area contributed by atoms with Gasteiger partial charge in [0.15, 0.2) is 5.78 Å². The van der Waals surface area contributed by atoms with Crippen LogP contribution in [0, 0.1) is 5.92 Å². The molecular formula is C16H25NO2. The number of ketones is 1. The van der Waals surface area contributed by atoms with Crippen LogP contribution in [0.15, 0.2) is 24.3 Å². The lowest BCUT2D eigenvalue weighted by Gasteiger charge is -2.21.